The summed E-state index contributed by atoms with van der Waals surface area (Å²) in [6.45, 7) is 5.81. The Hall–Kier alpha value is -1.05. The molecule has 0 aliphatic carbocycles. The largest absolute Gasteiger partial charge is 0.339 e. The molecule has 0 bridgehead atoms. The molecule has 1 aliphatic rings. The van der Waals surface area contributed by atoms with Gasteiger partial charge in [-0.15, -0.1) is 11.8 Å². The molecule has 1 aromatic carbocycles. The fourth-order valence-corrected chi connectivity index (χ4v) is 4.20. The Labute approximate surface area is 136 Å². The Morgan fingerprint density at radius 1 is 1.18 bits per heavy atom. The zero-order chi connectivity index (χ0) is 16.3. The van der Waals surface area contributed by atoms with Crippen LogP contribution in [-0.4, -0.2) is 61.7 Å². The molecule has 0 unspecified atom stereocenters. The van der Waals surface area contributed by atoms with Gasteiger partial charge in [0.05, 0.1) is 12.0 Å². The summed E-state index contributed by atoms with van der Waals surface area (Å²) in [6, 6.07) is 6.20. The number of aryl methyl sites for hydroxylation is 2. The van der Waals surface area contributed by atoms with Crippen molar-refractivity contribution in [3.8, 4) is 0 Å². The van der Waals surface area contributed by atoms with E-state index in [1.807, 2.05) is 26.0 Å². The van der Waals surface area contributed by atoms with Gasteiger partial charge in [0.1, 0.15) is 0 Å². The average Bonchev–Trinajstić information content (AvgIpc) is 2.45. The molecule has 0 aromatic heterocycles. The first kappa shape index (κ1) is 17.3. The number of hydrogen-bond donors (Lipinski definition) is 0. The lowest BCUT2D eigenvalue weighted by Crippen LogP contribution is -2.50. The summed E-state index contributed by atoms with van der Waals surface area (Å²) < 4.78 is 24.3. The van der Waals surface area contributed by atoms with Crippen molar-refractivity contribution in [2.75, 3.05) is 38.2 Å². The fraction of sp³-hybridized carbons (Fsp3) is 0.533. The van der Waals surface area contributed by atoms with Crippen molar-refractivity contribution >= 4 is 27.7 Å². The van der Waals surface area contributed by atoms with E-state index in [1.165, 1.54) is 21.7 Å². The first-order chi connectivity index (χ1) is 10.3. The molecular weight excluding hydrogens is 320 g/mol. The number of piperazine rings is 1. The lowest BCUT2D eigenvalue weighted by atomic mass is 10.2. The first-order valence-electron chi connectivity index (χ1n) is 7.20. The molecule has 1 amide bonds. The second-order valence-electron chi connectivity index (χ2n) is 5.60. The van der Waals surface area contributed by atoms with Gasteiger partial charge in [-0.25, -0.2) is 8.42 Å². The van der Waals surface area contributed by atoms with Crippen molar-refractivity contribution in [1.29, 1.82) is 0 Å². The lowest BCUT2D eigenvalue weighted by molar-refractivity contribution is -0.129. The quantitative estimate of drug-likeness (QED) is 0.778. The van der Waals surface area contributed by atoms with Gasteiger partial charge in [0, 0.05) is 31.1 Å². The highest BCUT2D eigenvalue weighted by Crippen LogP contribution is 2.23. The van der Waals surface area contributed by atoms with Gasteiger partial charge >= 0.3 is 0 Å². The van der Waals surface area contributed by atoms with Crippen LogP contribution in [0.5, 0.6) is 0 Å². The second kappa shape index (κ2) is 7.02. The lowest BCUT2D eigenvalue weighted by Gasteiger charge is -2.33. The van der Waals surface area contributed by atoms with E-state index in [-0.39, 0.29) is 5.91 Å². The molecule has 5 nitrogen and oxygen atoms in total. The molecule has 122 valence electrons. The Morgan fingerprint density at radius 2 is 1.82 bits per heavy atom. The van der Waals surface area contributed by atoms with Crippen molar-refractivity contribution in [3.63, 3.8) is 0 Å². The molecule has 2 rings (SSSR count). The fourth-order valence-electron chi connectivity index (χ4n) is 2.46. The van der Waals surface area contributed by atoms with Gasteiger partial charge in [-0.3, -0.25) is 4.79 Å². The summed E-state index contributed by atoms with van der Waals surface area (Å²) in [7, 11) is -3.15. The molecule has 0 radical (unpaired) electrons. The number of benzene rings is 1. The molecule has 0 saturated carbocycles. The molecular formula is C15H22N2O3S2. The van der Waals surface area contributed by atoms with E-state index in [4.69, 9.17) is 0 Å². The van der Waals surface area contributed by atoms with E-state index in [2.05, 4.69) is 6.07 Å². The molecule has 0 spiro atoms. The van der Waals surface area contributed by atoms with Crippen LogP contribution in [0.2, 0.25) is 0 Å². The molecule has 7 heteroatoms. The molecule has 1 saturated heterocycles. The summed E-state index contributed by atoms with van der Waals surface area (Å²) in [5, 5.41) is 0. The molecule has 1 aliphatic heterocycles. The minimum atomic E-state index is -3.15. The van der Waals surface area contributed by atoms with Crippen LogP contribution in [0.1, 0.15) is 11.1 Å². The normalized spacial score (nSPS) is 16.8. The Balaban J connectivity index is 1.86. The van der Waals surface area contributed by atoms with E-state index in [0.717, 1.165) is 4.90 Å². The molecule has 0 N–H and O–H groups in total. The number of carbonyl (C=O) groups excluding carboxylic acids is 1. The van der Waals surface area contributed by atoms with Gasteiger partial charge in [0.2, 0.25) is 15.9 Å². The minimum Gasteiger partial charge on any atom is -0.339 e. The van der Waals surface area contributed by atoms with Gasteiger partial charge in [-0.2, -0.15) is 4.31 Å². The van der Waals surface area contributed by atoms with Crippen LogP contribution >= 0.6 is 11.8 Å². The van der Waals surface area contributed by atoms with Crippen LogP contribution < -0.4 is 0 Å². The Kier molecular flexibility index (Phi) is 5.52. The zero-order valence-electron chi connectivity index (χ0n) is 13.2. The highest BCUT2D eigenvalue weighted by Gasteiger charge is 2.25. The summed E-state index contributed by atoms with van der Waals surface area (Å²) in [4.78, 5) is 15.1. The van der Waals surface area contributed by atoms with Crippen LogP contribution in [0.15, 0.2) is 23.1 Å². The summed E-state index contributed by atoms with van der Waals surface area (Å²) >= 11 is 1.54. The predicted octanol–water partition coefficient (Wildman–Crippen LogP) is 1.50. The third-order valence-corrected chi connectivity index (χ3v) is 6.21. The zero-order valence-corrected chi connectivity index (χ0v) is 14.8. The average molecular weight is 342 g/mol. The van der Waals surface area contributed by atoms with Crippen LogP contribution in [0.25, 0.3) is 0 Å². The molecule has 0 atom stereocenters. The minimum absolute atomic E-state index is 0.0677. The molecule has 22 heavy (non-hydrogen) atoms. The summed E-state index contributed by atoms with van der Waals surface area (Å²) in [6.07, 6.45) is 1.21. The molecule has 1 fully saturated rings. The summed E-state index contributed by atoms with van der Waals surface area (Å²) in [5.41, 5.74) is 2.39. The molecule has 1 heterocycles. The standard InChI is InChI=1S/C15H22N2O3S2/c1-12-4-5-14(13(2)10-12)21-11-15(18)16-6-8-17(9-7-16)22(3,19)20/h4-5,10H,6-9,11H2,1-3H3. The van der Waals surface area contributed by atoms with Crippen LogP contribution in [0.4, 0.5) is 0 Å². The number of thioether (sulfide) groups is 1. The maximum Gasteiger partial charge on any atom is 0.233 e. The van der Waals surface area contributed by atoms with Crippen molar-refractivity contribution in [3.05, 3.63) is 29.3 Å². The SMILES string of the molecule is Cc1ccc(SCC(=O)N2CCN(S(C)(=O)=O)CC2)c(C)c1. The van der Waals surface area contributed by atoms with Crippen molar-refractivity contribution < 1.29 is 13.2 Å². The van der Waals surface area contributed by atoms with E-state index in [0.29, 0.717) is 31.9 Å². The smallest absolute Gasteiger partial charge is 0.233 e. The predicted molar refractivity (Wildman–Crippen MR) is 89.6 cm³/mol. The van der Waals surface area contributed by atoms with Gasteiger partial charge in [0.15, 0.2) is 0 Å². The van der Waals surface area contributed by atoms with Crippen LogP contribution in [0.3, 0.4) is 0 Å². The molecule has 1 aromatic rings. The van der Waals surface area contributed by atoms with Crippen LogP contribution in [-0.2, 0) is 14.8 Å². The van der Waals surface area contributed by atoms with Gasteiger partial charge in [-0.05, 0) is 25.5 Å². The van der Waals surface area contributed by atoms with Crippen molar-refractivity contribution in [1.82, 2.24) is 9.21 Å². The second-order valence-corrected chi connectivity index (χ2v) is 8.60. The number of sulfonamides is 1. The highest BCUT2D eigenvalue weighted by atomic mass is 32.2. The number of carbonyl (C=O) groups is 1. The van der Waals surface area contributed by atoms with Crippen LogP contribution in [0, 0.1) is 13.8 Å². The van der Waals surface area contributed by atoms with Crippen molar-refractivity contribution in [2.45, 2.75) is 18.7 Å². The number of hydrogen-bond acceptors (Lipinski definition) is 4. The summed E-state index contributed by atoms with van der Waals surface area (Å²) in [5.74, 6) is 0.459. The Morgan fingerprint density at radius 3 is 2.36 bits per heavy atom. The maximum atomic E-state index is 12.2. The van der Waals surface area contributed by atoms with E-state index in [1.54, 1.807) is 16.7 Å². The highest BCUT2D eigenvalue weighted by molar-refractivity contribution is 8.00. The van der Waals surface area contributed by atoms with Crippen molar-refractivity contribution in [2.24, 2.45) is 0 Å². The van der Waals surface area contributed by atoms with E-state index >= 15 is 0 Å². The van der Waals surface area contributed by atoms with E-state index < -0.39 is 10.0 Å². The van der Waals surface area contributed by atoms with E-state index in [9.17, 15) is 13.2 Å². The third kappa shape index (κ3) is 4.47. The monoisotopic (exact) mass is 342 g/mol. The number of nitrogens with zero attached hydrogens (tertiary/aromatic N) is 2. The number of amides is 1. The van der Waals surface area contributed by atoms with Gasteiger partial charge in [0.25, 0.3) is 0 Å². The third-order valence-electron chi connectivity index (χ3n) is 3.74. The Bertz CT molecular complexity index is 651. The first-order valence-corrected chi connectivity index (χ1v) is 10.0. The van der Waals surface area contributed by atoms with Gasteiger partial charge in [-0.1, -0.05) is 17.7 Å². The maximum absolute atomic E-state index is 12.2. The van der Waals surface area contributed by atoms with Gasteiger partial charge < -0.3 is 4.90 Å². The number of rotatable bonds is 4. The topological polar surface area (TPSA) is 57.7 Å².